The van der Waals surface area contributed by atoms with E-state index in [9.17, 15) is 31.1 Å². The topological polar surface area (TPSA) is 42.3 Å². The lowest BCUT2D eigenvalue weighted by Crippen LogP contribution is -2.26. The van der Waals surface area contributed by atoms with Crippen LogP contribution < -0.4 is 0 Å². The van der Waals surface area contributed by atoms with Gasteiger partial charge in [0.1, 0.15) is 16.3 Å². The fourth-order valence-corrected chi connectivity index (χ4v) is 5.77. The Labute approximate surface area is 199 Å². The zero-order chi connectivity index (χ0) is 24.8. The minimum Gasteiger partial charge on any atom is -0.293 e. The number of carbonyl (C=O) groups is 1. The van der Waals surface area contributed by atoms with Gasteiger partial charge in [-0.15, -0.1) is 23.1 Å². The molecule has 0 radical (unpaired) electrons. The first kappa shape index (κ1) is 24.7. The number of thioether (sulfide) groups is 1. The van der Waals surface area contributed by atoms with Gasteiger partial charge in [0.05, 0.1) is 11.6 Å². The normalized spacial score (nSPS) is 20.8. The molecule has 2 atom stereocenters. The second-order valence-electron chi connectivity index (χ2n) is 7.79. The number of ketones is 1. The molecule has 11 heteroatoms. The van der Waals surface area contributed by atoms with Gasteiger partial charge in [-0.1, -0.05) is 26.0 Å². The van der Waals surface area contributed by atoms with Crippen molar-refractivity contribution in [3.8, 4) is 10.6 Å². The molecule has 1 aromatic carbocycles. The van der Waals surface area contributed by atoms with Gasteiger partial charge >= 0.3 is 12.4 Å². The minimum absolute atomic E-state index is 0.0668. The number of allylic oxidation sites excluding steroid dienone is 2. The summed E-state index contributed by atoms with van der Waals surface area (Å²) in [5.41, 5.74) is -0.633. The van der Waals surface area contributed by atoms with Crippen molar-refractivity contribution in [2.24, 2.45) is 4.99 Å². The van der Waals surface area contributed by atoms with Gasteiger partial charge in [-0.25, -0.2) is 4.98 Å². The van der Waals surface area contributed by atoms with E-state index in [1.54, 1.807) is 6.07 Å². The molecule has 1 aliphatic carbocycles. The van der Waals surface area contributed by atoms with Crippen LogP contribution in [0.3, 0.4) is 0 Å². The van der Waals surface area contributed by atoms with E-state index in [1.165, 1.54) is 24.8 Å². The van der Waals surface area contributed by atoms with Crippen molar-refractivity contribution in [3.63, 3.8) is 0 Å². The van der Waals surface area contributed by atoms with E-state index >= 15 is 0 Å². The molecule has 2 aliphatic rings. The van der Waals surface area contributed by atoms with Gasteiger partial charge < -0.3 is 0 Å². The van der Waals surface area contributed by atoms with Crippen LogP contribution in [0.15, 0.2) is 45.8 Å². The minimum atomic E-state index is -4.76. The third kappa shape index (κ3) is 4.72. The number of carbonyl (C=O) groups excluding carboxylic acids is 1. The van der Waals surface area contributed by atoms with Crippen LogP contribution in [0, 0.1) is 0 Å². The van der Waals surface area contributed by atoms with E-state index in [4.69, 9.17) is 0 Å². The molecule has 3 nitrogen and oxygen atoms in total. The Kier molecular flexibility index (Phi) is 6.54. The number of benzene rings is 1. The molecule has 0 fully saturated rings. The number of thiazole rings is 1. The summed E-state index contributed by atoms with van der Waals surface area (Å²) in [6, 6.07) is 5.44. The second kappa shape index (κ2) is 8.99. The van der Waals surface area contributed by atoms with E-state index in [0.29, 0.717) is 15.4 Å². The van der Waals surface area contributed by atoms with Gasteiger partial charge in [0.25, 0.3) is 0 Å². The van der Waals surface area contributed by atoms with Crippen LogP contribution in [-0.4, -0.2) is 41.1 Å². The molecule has 0 saturated heterocycles. The average molecular weight is 517 g/mol. The highest BCUT2D eigenvalue weighted by Gasteiger charge is 2.44. The Morgan fingerprint density at radius 2 is 1.88 bits per heavy atom. The molecule has 1 aliphatic heterocycles. The molecule has 0 saturated carbocycles. The average Bonchev–Trinajstić information content (AvgIpc) is 3.20. The van der Waals surface area contributed by atoms with Gasteiger partial charge in [-0.05, 0) is 35.6 Å². The Morgan fingerprint density at radius 1 is 1.15 bits per heavy atom. The van der Waals surface area contributed by atoms with Gasteiger partial charge in [-0.2, -0.15) is 26.3 Å². The van der Waals surface area contributed by atoms with Crippen LogP contribution in [0.1, 0.15) is 41.8 Å². The highest BCUT2D eigenvalue weighted by atomic mass is 32.2. The molecule has 0 spiro atoms. The SMILES string of the molecule is CCSc1ccc(C2C=CC(C(F)(F)F)=NC2)cc1-c1nc2c(s1)C(C)C(=O)C(C(F)(F)F)=C2. The highest BCUT2D eigenvalue weighted by molar-refractivity contribution is 7.99. The zero-order valence-electron chi connectivity index (χ0n) is 17.9. The molecule has 0 bridgehead atoms. The zero-order valence-corrected chi connectivity index (χ0v) is 19.6. The number of aromatic nitrogens is 1. The first-order valence-corrected chi connectivity index (χ1v) is 12.1. The largest absolute Gasteiger partial charge is 0.432 e. The first-order valence-electron chi connectivity index (χ1n) is 10.3. The number of alkyl halides is 6. The third-order valence-electron chi connectivity index (χ3n) is 5.52. The molecule has 4 rings (SSSR count). The monoisotopic (exact) mass is 516 g/mol. The number of Topliss-reactive ketones (excluding diaryl/α,β-unsaturated/α-hetero) is 1. The molecule has 34 heavy (non-hydrogen) atoms. The predicted octanol–water partition coefficient (Wildman–Crippen LogP) is 7.21. The van der Waals surface area contributed by atoms with Crippen LogP contribution in [0.2, 0.25) is 0 Å². The van der Waals surface area contributed by atoms with Crippen molar-refractivity contribution in [2.75, 3.05) is 12.3 Å². The Bertz CT molecular complexity index is 1220. The summed E-state index contributed by atoms with van der Waals surface area (Å²) in [4.78, 5) is 21.7. The van der Waals surface area contributed by atoms with Gasteiger partial charge in [0, 0.05) is 27.8 Å². The van der Waals surface area contributed by atoms with Gasteiger partial charge in [0.15, 0.2) is 5.78 Å². The van der Waals surface area contributed by atoms with E-state index in [1.807, 2.05) is 19.1 Å². The first-order chi connectivity index (χ1) is 15.9. The van der Waals surface area contributed by atoms with Crippen molar-refractivity contribution in [2.45, 2.75) is 42.9 Å². The summed E-state index contributed by atoms with van der Waals surface area (Å²) in [5.74, 6) is -1.60. The molecule has 180 valence electrons. The van der Waals surface area contributed by atoms with Gasteiger partial charge in [-0.3, -0.25) is 9.79 Å². The summed E-state index contributed by atoms with van der Waals surface area (Å²) in [6.07, 6.45) is -6.06. The molecule has 1 aromatic heterocycles. The summed E-state index contributed by atoms with van der Waals surface area (Å²) in [7, 11) is 0. The van der Waals surface area contributed by atoms with Crippen LogP contribution in [0.5, 0.6) is 0 Å². The van der Waals surface area contributed by atoms with Crippen molar-refractivity contribution < 1.29 is 31.1 Å². The van der Waals surface area contributed by atoms with Crippen LogP contribution in [-0.2, 0) is 4.79 Å². The Morgan fingerprint density at radius 3 is 2.47 bits per heavy atom. The standard InChI is InChI=1S/C23H18F6N2OS2/c1-3-33-17-6-4-12(13-5-7-18(30-10-13)23(27,28)29)8-14(17)21-31-16-9-15(22(24,25)26)19(32)11(2)20(16)34-21/h4-9,11,13H,3,10H2,1-2H3. The maximum atomic E-state index is 13.3. The van der Waals surface area contributed by atoms with E-state index < -0.39 is 35.3 Å². The third-order valence-corrected chi connectivity index (χ3v) is 7.76. The molecular formula is C23H18F6N2OS2. The molecule has 2 unspecified atom stereocenters. The van der Waals surface area contributed by atoms with Crippen molar-refractivity contribution in [1.82, 2.24) is 4.98 Å². The number of hydrogen-bond acceptors (Lipinski definition) is 5. The van der Waals surface area contributed by atoms with E-state index in [-0.39, 0.29) is 18.2 Å². The molecular weight excluding hydrogens is 498 g/mol. The van der Waals surface area contributed by atoms with Crippen molar-refractivity contribution >= 4 is 40.7 Å². The number of nitrogens with zero attached hydrogens (tertiary/aromatic N) is 2. The lowest BCUT2D eigenvalue weighted by molar-refractivity contribution is -0.129. The smallest absolute Gasteiger partial charge is 0.293 e. The molecule has 0 amide bonds. The van der Waals surface area contributed by atoms with E-state index in [2.05, 4.69) is 9.98 Å². The summed E-state index contributed by atoms with van der Waals surface area (Å²) in [6.45, 7) is 3.32. The Balaban J connectivity index is 1.74. The number of rotatable bonds is 4. The van der Waals surface area contributed by atoms with Crippen LogP contribution in [0.4, 0.5) is 26.3 Å². The summed E-state index contributed by atoms with van der Waals surface area (Å²) < 4.78 is 78.6. The summed E-state index contributed by atoms with van der Waals surface area (Å²) in [5, 5.41) is 0.460. The molecule has 0 N–H and O–H groups in total. The number of hydrogen-bond donors (Lipinski definition) is 0. The number of fused-ring (bicyclic) bond motifs is 1. The number of dihydropyridines is 1. The molecule has 2 aromatic rings. The lowest BCUT2D eigenvalue weighted by Gasteiger charge is -2.19. The fraction of sp³-hybridized carbons (Fsp3) is 0.348. The van der Waals surface area contributed by atoms with Crippen LogP contribution >= 0.6 is 23.1 Å². The Hall–Kier alpha value is -2.40. The van der Waals surface area contributed by atoms with Crippen LogP contribution in [0.25, 0.3) is 16.6 Å². The van der Waals surface area contributed by atoms with E-state index in [0.717, 1.165) is 39.7 Å². The lowest BCUT2D eigenvalue weighted by atomic mass is 9.90. The number of halogens is 6. The highest BCUT2D eigenvalue weighted by Crippen LogP contribution is 2.44. The van der Waals surface area contributed by atoms with Gasteiger partial charge in [0.2, 0.25) is 0 Å². The quantitative estimate of drug-likeness (QED) is 0.319. The second-order valence-corrected chi connectivity index (χ2v) is 10.1. The van der Waals surface area contributed by atoms with Crippen molar-refractivity contribution in [3.05, 3.63) is 52.1 Å². The molecule has 2 heterocycles. The number of aliphatic imine (C=N–C) groups is 1. The summed E-state index contributed by atoms with van der Waals surface area (Å²) >= 11 is 2.68. The maximum Gasteiger partial charge on any atom is 0.432 e. The maximum absolute atomic E-state index is 13.3. The predicted molar refractivity (Wildman–Crippen MR) is 122 cm³/mol. The van der Waals surface area contributed by atoms with Crippen molar-refractivity contribution in [1.29, 1.82) is 0 Å². The fourth-order valence-electron chi connectivity index (χ4n) is 3.80.